The summed E-state index contributed by atoms with van der Waals surface area (Å²) < 4.78 is 24.7. The van der Waals surface area contributed by atoms with Crippen molar-refractivity contribution in [2.45, 2.75) is 44.8 Å². The Kier molecular flexibility index (Phi) is 5.74. The molecule has 0 N–H and O–H groups in total. The second kappa shape index (κ2) is 6.39. The van der Waals surface area contributed by atoms with Crippen LogP contribution in [-0.2, 0) is 13.6 Å². The first-order valence-corrected chi connectivity index (χ1v) is 9.12. The monoisotopic (exact) mass is 294 g/mol. The number of hydrogen-bond donors (Lipinski definition) is 0. The van der Waals surface area contributed by atoms with Crippen LogP contribution in [0, 0.1) is 0 Å². The Morgan fingerprint density at radius 1 is 1.24 bits per heavy atom. The Morgan fingerprint density at radius 3 is 2.18 bits per heavy atom. The molecule has 0 unspecified atom stereocenters. The molecule has 0 amide bonds. The Bertz CT molecular complexity index is 387. The predicted molar refractivity (Wildman–Crippen MR) is 75.8 cm³/mol. The van der Waals surface area contributed by atoms with Crippen molar-refractivity contribution in [3.05, 3.63) is 11.4 Å². The molecule has 1 aromatic rings. The predicted octanol–water partition coefficient (Wildman–Crippen LogP) is 4.14. The molecule has 0 atom stereocenters. The van der Waals surface area contributed by atoms with E-state index in [1.807, 2.05) is 45.4 Å². The summed E-state index contributed by atoms with van der Waals surface area (Å²) in [6.07, 6.45) is 1.70. The Balaban J connectivity index is 3.09. The van der Waals surface area contributed by atoms with Crippen molar-refractivity contribution >= 4 is 35.3 Å². The summed E-state index contributed by atoms with van der Waals surface area (Å²) in [6.45, 7) is 7.46. The van der Waals surface area contributed by atoms with Gasteiger partial charge in [-0.3, -0.25) is 4.57 Å². The zero-order valence-corrected chi connectivity index (χ0v) is 13.3. The lowest BCUT2D eigenvalue weighted by Gasteiger charge is -2.22. The van der Waals surface area contributed by atoms with Gasteiger partial charge in [0.15, 0.2) is 0 Å². The van der Waals surface area contributed by atoms with Crippen LogP contribution in [0.1, 0.15) is 27.7 Å². The maximum absolute atomic E-state index is 12.8. The fourth-order valence-corrected chi connectivity index (χ4v) is 5.96. The van der Waals surface area contributed by atoms with E-state index >= 15 is 0 Å². The summed E-state index contributed by atoms with van der Waals surface area (Å²) in [5, 5.41) is 1.92. The molecule has 1 aromatic heterocycles. The summed E-state index contributed by atoms with van der Waals surface area (Å²) >= 11 is 2.99. The molecule has 0 spiro atoms. The van der Waals surface area contributed by atoms with Gasteiger partial charge in [0.1, 0.15) is 4.62 Å². The third kappa shape index (κ3) is 4.11. The third-order valence-electron chi connectivity index (χ3n) is 1.78. The van der Waals surface area contributed by atoms with Crippen molar-refractivity contribution in [2.75, 3.05) is 6.26 Å². The number of thiophene rings is 1. The van der Waals surface area contributed by atoms with E-state index in [-0.39, 0.29) is 12.2 Å². The van der Waals surface area contributed by atoms with Gasteiger partial charge >= 0.3 is 7.60 Å². The van der Waals surface area contributed by atoms with Gasteiger partial charge in [-0.25, -0.2) is 0 Å². The van der Waals surface area contributed by atoms with Crippen molar-refractivity contribution in [3.63, 3.8) is 0 Å². The minimum atomic E-state index is -3.19. The van der Waals surface area contributed by atoms with Crippen molar-refractivity contribution < 1.29 is 13.6 Å². The second-order valence-corrected chi connectivity index (χ2v) is 8.03. The van der Waals surface area contributed by atoms with Crippen LogP contribution in [-0.4, -0.2) is 18.5 Å². The molecule has 0 fully saturated rings. The van der Waals surface area contributed by atoms with E-state index in [9.17, 15) is 4.57 Å². The molecule has 0 radical (unpaired) electrons. The van der Waals surface area contributed by atoms with Gasteiger partial charge in [0.05, 0.1) is 12.2 Å². The van der Waals surface area contributed by atoms with E-state index in [0.717, 1.165) is 4.90 Å². The highest BCUT2D eigenvalue weighted by molar-refractivity contribution is 7.99. The minimum Gasteiger partial charge on any atom is -0.302 e. The molecule has 0 aliphatic carbocycles. The minimum absolute atomic E-state index is 0.128. The van der Waals surface area contributed by atoms with Gasteiger partial charge in [0, 0.05) is 4.90 Å². The topological polar surface area (TPSA) is 35.5 Å². The normalized spacial score (nSPS) is 12.6. The summed E-state index contributed by atoms with van der Waals surface area (Å²) in [7, 11) is -3.19. The van der Waals surface area contributed by atoms with E-state index in [1.165, 1.54) is 11.3 Å². The van der Waals surface area contributed by atoms with E-state index < -0.39 is 7.60 Å². The van der Waals surface area contributed by atoms with Crippen LogP contribution in [0.5, 0.6) is 0 Å². The molecule has 98 valence electrons. The lowest BCUT2D eigenvalue weighted by molar-refractivity contribution is 0.150. The number of rotatable bonds is 6. The molecule has 0 aromatic carbocycles. The largest absolute Gasteiger partial charge is 0.372 e. The highest BCUT2D eigenvalue weighted by Crippen LogP contribution is 2.52. The highest BCUT2D eigenvalue weighted by atomic mass is 32.2. The standard InChI is InChI=1S/C11H19O3PS2/c1-8(2)13-15(12,14-9(3)4)11-10(16-5)6-7-17-11/h6-9H,1-5H3. The van der Waals surface area contributed by atoms with Crippen LogP contribution < -0.4 is 4.62 Å². The van der Waals surface area contributed by atoms with Crippen molar-refractivity contribution in [3.8, 4) is 0 Å². The molecule has 6 heteroatoms. The molecule has 0 aliphatic heterocycles. The van der Waals surface area contributed by atoms with E-state index in [1.54, 1.807) is 11.8 Å². The molecule has 3 nitrogen and oxygen atoms in total. The van der Waals surface area contributed by atoms with Gasteiger partial charge in [-0.05, 0) is 45.4 Å². The van der Waals surface area contributed by atoms with Crippen molar-refractivity contribution in [1.29, 1.82) is 0 Å². The Labute approximate surface area is 111 Å². The molecule has 0 saturated heterocycles. The average Bonchev–Trinajstić information content (AvgIpc) is 2.62. The smallest absolute Gasteiger partial charge is 0.302 e. The van der Waals surface area contributed by atoms with Crippen LogP contribution >= 0.6 is 30.7 Å². The molecular weight excluding hydrogens is 275 g/mol. The zero-order valence-electron chi connectivity index (χ0n) is 10.8. The maximum Gasteiger partial charge on any atom is 0.372 e. The van der Waals surface area contributed by atoms with Crippen molar-refractivity contribution in [1.82, 2.24) is 0 Å². The maximum atomic E-state index is 12.8. The quantitative estimate of drug-likeness (QED) is 0.583. The van der Waals surface area contributed by atoms with Crippen molar-refractivity contribution in [2.24, 2.45) is 0 Å². The van der Waals surface area contributed by atoms with Gasteiger partial charge in [0.2, 0.25) is 0 Å². The lowest BCUT2D eigenvalue weighted by atomic mass is 10.5. The van der Waals surface area contributed by atoms with Crippen LogP contribution in [0.25, 0.3) is 0 Å². The van der Waals surface area contributed by atoms with Gasteiger partial charge < -0.3 is 9.05 Å². The summed E-state index contributed by atoms with van der Waals surface area (Å²) in [5.41, 5.74) is 0. The van der Waals surface area contributed by atoms with E-state index in [4.69, 9.17) is 9.05 Å². The Morgan fingerprint density at radius 2 is 1.76 bits per heavy atom. The molecule has 0 aliphatic rings. The van der Waals surface area contributed by atoms with Crippen LogP contribution in [0.4, 0.5) is 0 Å². The second-order valence-electron chi connectivity index (χ2n) is 4.10. The fourth-order valence-electron chi connectivity index (χ4n) is 1.32. The molecule has 1 heterocycles. The van der Waals surface area contributed by atoms with Crippen LogP contribution in [0.2, 0.25) is 0 Å². The number of thioether (sulfide) groups is 1. The Hall–Kier alpha value is 0.200. The average molecular weight is 294 g/mol. The van der Waals surface area contributed by atoms with E-state index in [0.29, 0.717) is 4.62 Å². The van der Waals surface area contributed by atoms with Gasteiger partial charge in [-0.15, -0.1) is 23.1 Å². The van der Waals surface area contributed by atoms with E-state index in [2.05, 4.69) is 0 Å². The zero-order chi connectivity index (χ0) is 13.1. The van der Waals surface area contributed by atoms with Gasteiger partial charge in [-0.2, -0.15) is 0 Å². The summed E-state index contributed by atoms with van der Waals surface area (Å²) in [6, 6.07) is 1.95. The fraction of sp³-hybridized carbons (Fsp3) is 0.636. The summed E-state index contributed by atoms with van der Waals surface area (Å²) in [4.78, 5) is 0.972. The van der Waals surface area contributed by atoms with Crippen LogP contribution in [0.15, 0.2) is 16.3 Å². The first kappa shape index (κ1) is 15.3. The van der Waals surface area contributed by atoms with Gasteiger partial charge in [-0.1, -0.05) is 0 Å². The molecular formula is C11H19O3PS2. The molecule has 0 bridgehead atoms. The first-order valence-electron chi connectivity index (χ1n) is 5.48. The third-order valence-corrected chi connectivity index (χ3v) is 6.68. The number of hydrogen-bond acceptors (Lipinski definition) is 5. The molecule has 1 rings (SSSR count). The first-order chi connectivity index (χ1) is 7.89. The summed E-state index contributed by atoms with van der Waals surface area (Å²) in [5.74, 6) is 0. The SMILES string of the molecule is CSc1ccsc1P(=O)(OC(C)C)OC(C)C. The van der Waals surface area contributed by atoms with Crippen LogP contribution in [0.3, 0.4) is 0 Å². The van der Waals surface area contributed by atoms with Gasteiger partial charge in [0.25, 0.3) is 0 Å². The molecule has 0 saturated carbocycles. The lowest BCUT2D eigenvalue weighted by Crippen LogP contribution is -2.15. The highest BCUT2D eigenvalue weighted by Gasteiger charge is 2.34. The molecule has 17 heavy (non-hydrogen) atoms.